The van der Waals surface area contributed by atoms with Crippen LogP contribution in [0.3, 0.4) is 0 Å². The Morgan fingerprint density at radius 2 is 2.21 bits per heavy atom. The first-order chi connectivity index (χ1) is 9.10. The van der Waals surface area contributed by atoms with Gasteiger partial charge in [-0.25, -0.2) is 4.79 Å². The summed E-state index contributed by atoms with van der Waals surface area (Å²) in [6, 6.07) is 3.75. The molecule has 0 saturated carbocycles. The molecule has 0 aromatic carbocycles. The van der Waals surface area contributed by atoms with Gasteiger partial charge in [0.05, 0.1) is 12.2 Å². The second-order valence-electron chi connectivity index (χ2n) is 4.27. The normalized spacial score (nSPS) is 10.4. The van der Waals surface area contributed by atoms with E-state index in [0.29, 0.717) is 12.1 Å². The topological polar surface area (TPSA) is 79.8 Å². The Kier molecular flexibility index (Phi) is 3.79. The summed E-state index contributed by atoms with van der Waals surface area (Å²) in [7, 11) is 0. The summed E-state index contributed by atoms with van der Waals surface area (Å²) in [4.78, 5) is 29.5. The molecule has 2 aromatic heterocycles. The molecular formula is C13H16N4O2. The van der Waals surface area contributed by atoms with Crippen molar-refractivity contribution in [3.05, 3.63) is 56.6 Å². The number of rotatable bonds is 4. The molecule has 2 aromatic rings. The van der Waals surface area contributed by atoms with Crippen LogP contribution in [0.15, 0.2) is 34.1 Å². The zero-order chi connectivity index (χ0) is 13.8. The number of aryl methyl sites for hydroxylation is 1. The summed E-state index contributed by atoms with van der Waals surface area (Å²) in [6.45, 7) is 4.82. The van der Waals surface area contributed by atoms with Gasteiger partial charge >= 0.3 is 5.69 Å². The Morgan fingerprint density at radius 1 is 1.42 bits per heavy atom. The van der Waals surface area contributed by atoms with Crippen molar-refractivity contribution in [1.29, 1.82) is 0 Å². The maximum atomic E-state index is 11.7. The van der Waals surface area contributed by atoms with Gasteiger partial charge in [0, 0.05) is 30.2 Å². The molecule has 0 aliphatic rings. The van der Waals surface area contributed by atoms with Crippen molar-refractivity contribution in [3.63, 3.8) is 0 Å². The predicted molar refractivity (Wildman–Crippen MR) is 73.6 cm³/mol. The average molecular weight is 260 g/mol. The van der Waals surface area contributed by atoms with Crippen LogP contribution in [0.25, 0.3) is 0 Å². The van der Waals surface area contributed by atoms with Gasteiger partial charge in [0.25, 0.3) is 5.56 Å². The molecule has 0 atom stereocenters. The van der Waals surface area contributed by atoms with Crippen LogP contribution in [0.2, 0.25) is 0 Å². The number of aromatic amines is 1. The quantitative estimate of drug-likeness (QED) is 0.849. The smallest absolute Gasteiger partial charge is 0.328 e. The van der Waals surface area contributed by atoms with E-state index in [1.165, 1.54) is 4.57 Å². The zero-order valence-corrected chi connectivity index (χ0v) is 10.9. The number of anilines is 1. The third-order valence-electron chi connectivity index (χ3n) is 2.72. The molecule has 0 unspecified atom stereocenters. The third-order valence-corrected chi connectivity index (χ3v) is 2.72. The van der Waals surface area contributed by atoms with Crippen LogP contribution in [0.1, 0.15) is 18.2 Å². The lowest BCUT2D eigenvalue weighted by atomic mass is 10.3. The van der Waals surface area contributed by atoms with Crippen molar-refractivity contribution in [2.24, 2.45) is 0 Å². The molecule has 0 spiro atoms. The molecule has 2 heterocycles. The molecule has 100 valence electrons. The number of nitrogens with one attached hydrogen (secondary N) is 2. The maximum Gasteiger partial charge on any atom is 0.328 e. The Morgan fingerprint density at radius 3 is 2.95 bits per heavy atom. The highest BCUT2D eigenvalue weighted by Crippen LogP contribution is 2.08. The number of hydrogen-bond acceptors (Lipinski definition) is 4. The third kappa shape index (κ3) is 3.09. The predicted octanol–water partition coefficient (Wildman–Crippen LogP) is 0.720. The van der Waals surface area contributed by atoms with E-state index in [2.05, 4.69) is 15.3 Å². The Bertz CT molecular complexity index is 688. The molecule has 2 N–H and O–H groups in total. The van der Waals surface area contributed by atoms with E-state index >= 15 is 0 Å². The lowest BCUT2D eigenvalue weighted by Crippen LogP contribution is -2.31. The van der Waals surface area contributed by atoms with Crippen LogP contribution < -0.4 is 16.6 Å². The van der Waals surface area contributed by atoms with Crippen LogP contribution in [-0.4, -0.2) is 21.1 Å². The number of nitrogens with zero attached hydrogens (tertiary/aromatic N) is 2. The van der Waals surface area contributed by atoms with Gasteiger partial charge in [-0.15, -0.1) is 0 Å². The summed E-state index contributed by atoms with van der Waals surface area (Å²) >= 11 is 0. The van der Waals surface area contributed by atoms with E-state index in [4.69, 9.17) is 0 Å². The van der Waals surface area contributed by atoms with Crippen molar-refractivity contribution < 1.29 is 0 Å². The summed E-state index contributed by atoms with van der Waals surface area (Å²) < 4.78 is 1.44. The fourth-order valence-corrected chi connectivity index (χ4v) is 1.79. The lowest BCUT2D eigenvalue weighted by Gasteiger charge is -2.08. The standard InChI is InChI=1S/C13H16N4O2/c1-3-14-10-4-5-15-11(6-10)8-17-7-9(2)12(18)16-13(17)19/h4-7H,3,8H2,1-2H3,(H,14,15)(H,16,18,19). The van der Waals surface area contributed by atoms with E-state index < -0.39 is 5.69 Å². The molecule has 0 amide bonds. The number of pyridine rings is 1. The van der Waals surface area contributed by atoms with Crippen molar-refractivity contribution in [2.75, 3.05) is 11.9 Å². The second kappa shape index (κ2) is 5.51. The number of aromatic nitrogens is 3. The van der Waals surface area contributed by atoms with Gasteiger partial charge in [0.1, 0.15) is 0 Å². The highest BCUT2D eigenvalue weighted by atomic mass is 16.2. The average Bonchev–Trinajstić information content (AvgIpc) is 2.37. The minimum atomic E-state index is -0.425. The summed E-state index contributed by atoms with van der Waals surface area (Å²) in [6.07, 6.45) is 3.24. The van der Waals surface area contributed by atoms with Gasteiger partial charge in [0.15, 0.2) is 0 Å². The zero-order valence-electron chi connectivity index (χ0n) is 10.9. The highest BCUT2D eigenvalue weighted by Gasteiger charge is 2.03. The van der Waals surface area contributed by atoms with Gasteiger partial charge in [-0.2, -0.15) is 0 Å². The molecule has 0 radical (unpaired) electrons. The van der Waals surface area contributed by atoms with Gasteiger partial charge < -0.3 is 5.32 Å². The monoisotopic (exact) mass is 260 g/mol. The van der Waals surface area contributed by atoms with Crippen LogP contribution in [0, 0.1) is 6.92 Å². The Balaban J connectivity index is 2.31. The van der Waals surface area contributed by atoms with Gasteiger partial charge in [-0.05, 0) is 26.0 Å². The number of H-pyrrole nitrogens is 1. The Hall–Kier alpha value is -2.37. The molecule has 0 fully saturated rings. The van der Waals surface area contributed by atoms with Gasteiger partial charge in [0.2, 0.25) is 0 Å². The van der Waals surface area contributed by atoms with Crippen LogP contribution in [0.5, 0.6) is 0 Å². The van der Waals surface area contributed by atoms with Crippen molar-refractivity contribution in [1.82, 2.24) is 14.5 Å². The van der Waals surface area contributed by atoms with Crippen LogP contribution >= 0.6 is 0 Å². The van der Waals surface area contributed by atoms with E-state index in [1.54, 1.807) is 19.3 Å². The van der Waals surface area contributed by atoms with Crippen molar-refractivity contribution in [3.8, 4) is 0 Å². The van der Waals surface area contributed by atoms with Crippen LogP contribution in [0.4, 0.5) is 5.69 Å². The second-order valence-corrected chi connectivity index (χ2v) is 4.27. The number of hydrogen-bond donors (Lipinski definition) is 2. The van der Waals surface area contributed by atoms with E-state index in [9.17, 15) is 9.59 Å². The van der Waals surface area contributed by atoms with Gasteiger partial charge in [-0.3, -0.25) is 19.3 Å². The maximum absolute atomic E-state index is 11.7. The van der Waals surface area contributed by atoms with Gasteiger partial charge in [-0.1, -0.05) is 0 Å². The van der Waals surface area contributed by atoms with Crippen molar-refractivity contribution in [2.45, 2.75) is 20.4 Å². The summed E-state index contributed by atoms with van der Waals surface area (Å²) in [5, 5.41) is 3.18. The van der Waals surface area contributed by atoms with E-state index in [1.807, 2.05) is 19.1 Å². The SMILES string of the molecule is CCNc1ccnc(Cn2cc(C)c(=O)[nH]c2=O)c1. The molecule has 19 heavy (non-hydrogen) atoms. The fraction of sp³-hybridized carbons (Fsp3) is 0.308. The van der Waals surface area contributed by atoms with Crippen molar-refractivity contribution >= 4 is 5.69 Å². The molecule has 0 bridgehead atoms. The van der Waals surface area contributed by atoms with E-state index in [-0.39, 0.29) is 5.56 Å². The molecule has 6 heteroatoms. The molecule has 0 saturated heterocycles. The summed E-state index contributed by atoms with van der Waals surface area (Å²) in [5.41, 5.74) is 1.44. The first-order valence-electron chi connectivity index (χ1n) is 6.09. The fourth-order valence-electron chi connectivity index (χ4n) is 1.79. The first-order valence-corrected chi connectivity index (χ1v) is 6.09. The first kappa shape index (κ1) is 13.1. The minimum Gasteiger partial charge on any atom is -0.385 e. The molecule has 6 nitrogen and oxygen atoms in total. The minimum absolute atomic E-state index is 0.329. The highest BCUT2D eigenvalue weighted by molar-refractivity contribution is 5.42. The van der Waals surface area contributed by atoms with E-state index in [0.717, 1.165) is 17.9 Å². The van der Waals surface area contributed by atoms with Crippen LogP contribution in [-0.2, 0) is 6.54 Å². The molecule has 0 aliphatic carbocycles. The molecule has 0 aliphatic heterocycles. The molecule has 2 rings (SSSR count). The lowest BCUT2D eigenvalue weighted by molar-refractivity contribution is 0.699. The molecular weight excluding hydrogens is 244 g/mol. The largest absolute Gasteiger partial charge is 0.385 e. The summed E-state index contributed by atoms with van der Waals surface area (Å²) in [5.74, 6) is 0. The Labute approximate surface area is 110 Å².